The van der Waals surface area contributed by atoms with E-state index in [1.807, 2.05) is 18.0 Å². The third-order valence-corrected chi connectivity index (χ3v) is 3.42. The maximum atomic E-state index is 13.8. The minimum atomic E-state index is -0.416. The van der Waals surface area contributed by atoms with Crippen LogP contribution in [0.5, 0.6) is 0 Å². The minimum Gasteiger partial charge on any atom is -0.393 e. The van der Waals surface area contributed by atoms with Crippen molar-refractivity contribution in [2.45, 2.75) is 25.5 Å². The van der Waals surface area contributed by atoms with Crippen LogP contribution in [-0.4, -0.2) is 29.7 Å². The van der Waals surface area contributed by atoms with Crippen molar-refractivity contribution in [3.8, 4) is 6.07 Å². The maximum Gasteiger partial charge on any atom is 0.145 e. The molecule has 0 aliphatic heterocycles. The SMILES string of the molecule is CN(Cc1cccc(C#N)c1F)CC1CC(O)C1. The fraction of sp³-hybridized carbons (Fsp3) is 0.500. The molecule has 1 aliphatic rings. The van der Waals surface area contributed by atoms with Crippen LogP contribution in [0, 0.1) is 23.1 Å². The lowest BCUT2D eigenvalue weighted by Gasteiger charge is -2.34. The van der Waals surface area contributed by atoms with Crippen molar-refractivity contribution < 1.29 is 9.50 Å². The molecule has 0 saturated heterocycles. The van der Waals surface area contributed by atoms with Gasteiger partial charge in [-0.05, 0) is 31.9 Å². The van der Waals surface area contributed by atoms with E-state index in [2.05, 4.69) is 0 Å². The summed E-state index contributed by atoms with van der Waals surface area (Å²) >= 11 is 0. The minimum absolute atomic E-state index is 0.0972. The topological polar surface area (TPSA) is 47.3 Å². The number of aliphatic hydroxyl groups is 1. The van der Waals surface area contributed by atoms with E-state index in [1.165, 1.54) is 6.07 Å². The van der Waals surface area contributed by atoms with Gasteiger partial charge in [0.15, 0.2) is 0 Å². The first-order valence-electron chi connectivity index (χ1n) is 6.14. The average Bonchev–Trinajstić information content (AvgIpc) is 2.30. The first kappa shape index (κ1) is 13.0. The van der Waals surface area contributed by atoms with E-state index in [4.69, 9.17) is 5.26 Å². The Labute approximate surface area is 106 Å². The Balaban J connectivity index is 1.95. The van der Waals surface area contributed by atoms with Crippen molar-refractivity contribution in [3.63, 3.8) is 0 Å². The molecule has 2 rings (SSSR count). The molecular weight excluding hydrogens is 231 g/mol. The molecule has 1 aliphatic carbocycles. The van der Waals surface area contributed by atoms with Crippen molar-refractivity contribution in [1.29, 1.82) is 5.26 Å². The van der Waals surface area contributed by atoms with Gasteiger partial charge in [-0.15, -0.1) is 0 Å². The molecule has 0 atom stereocenters. The number of halogens is 1. The second-order valence-corrected chi connectivity index (χ2v) is 5.08. The third-order valence-electron chi connectivity index (χ3n) is 3.42. The summed E-state index contributed by atoms with van der Waals surface area (Å²) in [5, 5.41) is 18.0. The fourth-order valence-electron chi connectivity index (χ4n) is 2.43. The highest BCUT2D eigenvalue weighted by molar-refractivity contribution is 5.34. The second kappa shape index (κ2) is 5.47. The monoisotopic (exact) mass is 248 g/mol. The zero-order chi connectivity index (χ0) is 13.1. The van der Waals surface area contributed by atoms with Gasteiger partial charge >= 0.3 is 0 Å². The summed E-state index contributed by atoms with van der Waals surface area (Å²) in [5.74, 6) is 0.0905. The number of hydrogen-bond acceptors (Lipinski definition) is 3. The van der Waals surface area contributed by atoms with E-state index in [-0.39, 0.29) is 11.7 Å². The molecule has 4 heteroatoms. The molecule has 0 spiro atoms. The molecule has 0 radical (unpaired) electrons. The molecule has 1 aromatic rings. The van der Waals surface area contributed by atoms with Crippen molar-refractivity contribution in [2.24, 2.45) is 5.92 Å². The highest BCUT2D eigenvalue weighted by atomic mass is 19.1. The van der Waals surface area contributed by atoms with Gasteiger partial charge in [-0.2, -0.15) is 5.26 Å². The lowest BCUT2D eigenvalue weighted by Crippen LogP contribution is -2.36. The Kier molecular flexibility index (Phi) is 3.95. The van der Waals surface area contributed by atoms with Crippen LogP contribution >= 0.6 is 0 Å². The lowest BCUT2D eigenvalue weighted by molar-refractivity contribution is 0.0272. The summed E-state index contributed by atoms with van der Waals surface area (Å²) in [6.07, 6.45) is 1.53. The second-order valence-electron chi connectivity index (χ2n) is 5.08. The van der Waals surface area contributed by atoms with Crippen LogP contribution in [0.15, 0.2) is 18.2 Å². The van der Waals surface area contributed by atoms with E-state index < -0.39 is 5.82 Å². The summed E-state index contributed by atoms with van der Waals surface area (Å²) in [5.41, 5.74) is 0.649. The number of benzene rings is 1. The van der Waals surface area contributed by atoms with Crippen molar-refractivity contribution in [2.75, 3.05) is 13.6 Å². The van der Waals surface area contributed by atoms with Crippen LogP contribution in [0.25, 0.3) is 0 Å². The standard InChI is InChI=1S/C14H17FN2O/c1-17(8-10-5-13(18)6-10)9-12-4-2-3-11(7-16)14(12)15/h2-4,10,13,18H,5-6,8-9H2,1H3. The first-order valence-corrected chi connectivity index (χ1v) is 6.14. The van der Waals surface area contributed by atoms with Crippen molar-refractivity contribution in [3.05, 3.63) is 35.1 Å². The van der Waals surface area contributed by atoms with Crippen LogP contribution in [0.3, 0.4) is 0 Å². The molecule has 0 bridgehead atoms. The van der Waals surface area contributed by atoms with Gasteiger partial charge in [-0.25, -0.2) is 4.39 Å². The number of nitriles is 1. The molecule has 0 unspecified atom stereocenters. The number of nitrogens with zero attached hydrogens (tertiary/aromatic N) is 2. The Morgan fingerprint density at radius 3 is 2.83 bits per heavy atom. The Morgan fingerprint density at radius 2 is 2.22 bits per heavy atom. The summed E-state index contributed by atoms with van der Waals surface area (Å²) < 4.78 is 13.8. The third kappa shape index (κ3) is 2.87. The van der Waals surface area contributed by atoms with Gasteiger partial charge in [-0.1, -0.05) is 12.1 Å². The molecule has 96 valence electrons. The number of aliphatic hydroxyl groups excluding tert-OH is 1. The predicted molar refractivity (Wildman–Crippen MR) is 66.2 cm³/mol. The molecule has 1 N–H and O–H groups in total. The van der Waals surface area contributed by atoms with E-state index in [0.717, 1.165) is 19.4 Å². The smallest absolute Gasteiger partial charge is 0.145 e. The molecule has 3 nitrogen and oxygen atoms in total. The summed E-state index contributed by atoms with van der Waals surface area (Å²) in [4.78, 5) is 2.04. The van der Waals surface area contributed by atoms with Crippen LogP contribution in [0.1, 0.15) is 24.0 Å². The van der Waals surface area contributed by atoms with Gasteiger partial charge in [0, 0.05) is 18.7 Å². The number of rotatable bonds is 4. The fourth-order valence-corrected chi connectivity index (χ4v) is 2.43. The van der Waals surface area contributed by atoms with Crippen LogP contribution < -0.4 is 0 Å². The van der Waals surface area contributed by atoms with Crippen LogP contribution in [-0.2, 0) is 6.54 Å². The normalized spacial score (nSPS) is 22.6. The lowest BCUT2D eigenvalue weighted by atomic mass is 9.82. The molecule has 0 amide bonds. The Morgan fingerprint density at radius 1 is 1.50 bits per heavy atom. The van der Waals surface area contributed by atoms with Crippen LogP contribution in [0.4, 0.5) is 4.39 Å². The van der Waals surface area contributed by atoms with Gasteiger partial charge in [-0.3, -0.25) is 0 Å². The maximum absolute atomic E-state index is 13.8. The molecule has 1 fully saturated rings. The molecule has 1 saturated carbocycles. The van der Waals surface area contributed by atoms with Gasteiger partial charge in [0.25, 0.3) is 0 Å². The molecule has 18 heavy (non-hydrogen) atoms. The molecular formula is C14H17FN2O. The summed E-state index contributed by atoms with van der Waals surface area (Å²) in [6, 6.07) is 6.76. The molecule has 1 aromatic carbocycles. The highest BCUT2D eigenvalue weighted by Gasteiger charge is 2.28. The first-order chi connectivity index (χ1) is 8.60. The molecule has 0 aromatic heterocycles. The van der Waals surface area contributed by atoms with Gasteiger partial charge < -0.3 is 10.0 Å². The summed E-state index contributed by atoms with van der Waals surface area (Å²) in [7, 11) is 1.93. The zero-order valence-corrected chi connectivity index (χ0v) is 10.4. The van der Waals surface area contributed by atoms with E-state index in [9.17, 15) is 9.50 Å². The largest absolute Gasteiger partial charge is 0.393 e. The number of hydrogen-bond donors (Lipinski definition) is 1. The quantitative estimate of drug-likeness (QED) is 0.885. The van der Waals surface area contributed by atoms with Crippen molar-refractivity contribution in [1.82, 2.24) is 4.90 Å². The van der Waals surface area contributed by atoms with Crippen molar-refractivity contribution >= 4 is 0 Å². The van der Waals surface area contributed by atoms with E-state index in [0.29, 0.717) is 18.0 Å². The van der Waals surface area contributed by atoms with E-state index >= 15 is 0 Å². The zero-order valence-electron chi connectivity index (χ0n) is 10.4. The average molecular weight is 248 g/mol. The Hall–Kier alpha value is -1.44. The van der Waals surface area contributed by atoms with Gasteiger partial charge in [0.05, 0.1) is 11.7 Å². The van der Waals surface area contributed by atoms with Gasteiger partial charge in [0.2, 0.25) is 0 Å². The van der Waals surface area contributed by atoms with Crippen LogP contribution in [0.2, 0.25) is 0 Å². The Bertz CT molecular complexity index is 463. The molecule has 0 heterocycles. The highest BCUT2D eigenvalue weighted by Crippen LogP contribution is 2.28. The van der Waals surface area contributed by atoms with Gasteiger partial charge in [0.1, 0.15) is 11.9 Å². The summed E-state index contributed by atoms with van der Waals surface area (Å²) in [6.45, 7) is 1.35. The predicted octanol–water partition coefficient (Wildman–Crippen LogP) is 1.90. The van der Waals surface area contributed by atoms with E-state index in [1.54, 1.807) is 12.1 Å².